The average Bonchev–Trinajstić information content (AvgIpc) is 3.49. The summed E-state index contributed by atoms with van der Waals surface area (Å²) in [6, 6.07) is 31.9. The van der Waals surface area contributed by atoms with Crippen molar-refractivity contribution < 1.29 is 9.47 Å². The van der Waals surface area contributed by atoms with E-state index in [1.165, 1.54) is 5.56 Å². The maximum Gasteiger partial charge on any atom is 0.174 e. The lowest BCUT2D eigenvalue weighted by molar-refractivity contribution is 0.413. The second-order valence-electron chi connectivity index (χ2n) is 9.88. The lowest BCUT2D eigenvalue weighted by atomic mass is 9.96. The molecule has 1 N–H and O–H groups in total. The first-order chi connectivity index (χ1) is 19.9. The zero-order valence-electron chi connectivity index (χ0n) is 22.9. The van der Waals surface area contributed by atoms with Crippen LogP contribution in [0.2, 0.25) is 0 Å². The lowest BCUT2D eigenvalue weighted by Gasteiger charge is -2.28. The number of nitrogens with one attached hydrogen (secondary N) is 1. The van der Waals surface area contributed by atoms with Gasteiger partial charge in [-0.1, -0.05) is 18.2 Å². The van der Waals surface area contributed by atoms with Gasteiger partial charge in [0, 0.05) is 27.7 Å². The standard InChI is InChI=1S/C33H29BrN4O2S/c1-21-20-27(22(2)37(21)30-10-5-4-8-28(30)34)32-31(29-9-6-7-19-35-29)36-33(41)38(32)23-11-13-25(14-12-23)40-26-17-15-24(39-3)16-18-26/h4-20,31-32H,1-3H3,(H,36,41)/t31-,32+/m1/s1. The van der Waals surface area contributed by atoms with Crippen LogP contribution in [0.4, 0.5) is 5.69 Å². The Kier molecular flexibility index (Phi) is 7.51. The van der Waals surface area contributed by atoms with Crippen LogP contribution in [0.1, 0.15) is 34.7 Å². The molecule has 3 aromatic carbocycles. The summed E-state index contributed by atoms with van der Waals surface area (Å²) in [6.45, 7) is 4.31. The molecule has 0 saturated carbocycles. The van der Waals surface area contributed by atoms with Gasteiger partial charge in [0.15, 0.2) is 5.11 Å². The zero-order valence-corrected chi connectivity index (χ0v) is 25.3. The predicted molar refractivity (Wildman–Crippen MR) is 170 cm³/mol. The molecule has 0 unspecified atom stereocenters. The first-order valence-corrected chi connectivity index (χ1v) is 14.5. The number of benzene rings is 3. The van der Waals surface area contributed by atoms with Gasteiger partial charge in [-0.2, -0.15) is 0 Å². The smallest absolute Gasteiger partial charge is 0.174 e. The zero-order chi connectivity index (χ0) is 28.5. The van der Waals surface area contributed by atoms with Crippen LogP contribution in [0.25, 0.3) is 5.69 Å². The fourth-order valence-corrected chi connectivity index (χ4v) is 6.30. The monoisotopic (exact) mass is 624 g/mol. The number of rotatable bonds is 7. The Labute approximate surface area is 253 Å². The molecule has 0 radical (unpaired) electrons. The van der Waals surface area contributed by atoms with Gasteiger partial charge in [0.1, 0.15) is 17.2 Å². The molecule has 3 heterocycles. The van der Waals surface area contributed by atoms with Crippen LogP contribution in [-0.2, 0) is 0 Å². The molecule has 0 bridgehead atoms. The Morgan fingerprint density at radius 2 is 1.51 bits per heavy atom. The van der Waals surface area contributed by atoms with Crippen molar-refractivity contribution in [3.63, 3.8) is 0 Å². The largest absolute Gasteiger partial charge is 0.497 e. The maximum absolute atomic E-state index is 6.08. The van der Waals surface area contributed by atoms with E-state index in [1.54, 1.807) is 7.11 Å². The predicted octanol–water partition coefficient (Wildman–Crippen LogP) is 8.23. The first-order valence-electron chi connectivity index (χ1n) is 13.3. The van der Waals surface area contributed by atoms with Gasteiger partial charge in [-0.05, 0) is 126 Å². The Hall–Kier alpha value is -4.14. The number of pyridine rings is 1. The van der Waals surface area contributed by atoms with E-state index in [-0.39, 0.29) is 12.1 Å². The Bertz CT molecular complexity index is 1690. The molecule has 1 saturated heterocycles. The van der Waals surface area contributed by atoms with E-state index in [4.69, 9.17) is 26.7 Å². The van der Waals surface area contributed by atoms with Gasteiger partial charge >= 0.3 is 0 Å². The maximum atomic E-state index is 6.08. The number of hydrogen-bond donors (Lipinski definition) is 1. The Balaban J connectivity index is 1.39. The van der Waals surface area contributed by atoms with E-state index in [1.807, 2.05) is 72.9 Å². The SMILES string of the molecule is COc1ccc(Oc2ccc(N3C(=S)N[C@H](c4ccccn4)[C@@H]3c3cc(C)n(-c4ccccc4Br)c3C)cc2)cc1. The van der Waals surface area contributed by atoms with Gasteiger partial charge in [0.2, 0.25) is 0 Å². The van der Waals surface area contributed by atoms with Gasteiger partial charge in [0.05, 0.1) is 30.6 Å². The fraction of sp³-hybridized carbons (Fsp3) is 0.152. The molecule has 206 valence electrons. The van der Waals surface area contributed by atoms with Gasteiger partial charge < -0.3 is 24.3 Å². The van der Waals surface area contributed by atoms with Crippen molar-refractivity contribution >= 4 is 38.9 Å². The van der Waals surface area contributed by atoms with Crippen molar-refractivity contribution in [1.82, 2.24) is 14.9 Å². The van der Waals surface area contributed by atoms with Crippen molar-refractivity contribution in [2.75, 3.05) is 12.0 Å². The number of halogens is 1. The molecule has 2 aromatic heterocycles. The van der Waals surface area contributed by atoms with E-state index < -0.39 is 0 Å². The third kappa shape index (κ3) is 5.21. The van der Waals surface area contributed by atoms with Crippen molar-refractivity contribution in [2.24, 2.45) is 0 Å². The molecule has 1 aliphatic rings. The molecule has 8 heteroatoms. The average molecular weight is 626 g/mol. The van der Waals surface area contributed by atoms with E-state index in [0.717, 1.165) is 50.2 Å². The molecule has 0 aliphatic carbocycles. The molecular weight excluding hydrogens is 596 g/mol. The van der Waals surface area contributed by atoms with Crippen molar-refractivity contribution in [3.05, 3.63) is 130 Å². The third-order valence-corrected chi connectivity index (χ3v) is 8.38. The molecule has 1 aliphatic heterocycles. The molecule has 0 spiro atoms. The number of thiocarbonyl (C=S) groups is 1. The lowest BCUT2D eigenvalue weighted by Crippen LogP contribution is -2.29. The Morgan fingerprint density at radius 3 is 2.17 bits per heavy atom. The summed E-state index contributed by atoms with van der Waals surface area (Å²) in [5.41, 5.74) is 6.48. The van der Waals surface area contributed by atoms with Crippen LogP contribution in [-0.4, -0.2) is 21.8 Å². The minimum Gasteiger partial charge on any atom is -0.497 e. The molecule has 2 atom stereocenters. The normalized spacial score (nSPS) is 16.5. The molecule has 1 fully saturated rings. The third-order valence-electron chi connectivity index (χ3n) is 7.39. The number of aromatic nitrogens is 2. The number of nitrogens with zero attached hydrogens (tertiary/aromatic N) is 3. The number of methoxy groups -OCH3 is 1. The van der Waals surface area contributed by atoms with Crippen molar-refractivity contribution in [2.45, 2.75) is 25.9 Å². The number of aryl methyl sites for hydroxylation is 1. The van der Waals surface area contributed by atoms with E-state index in [2.05, 4.69) is 74.9 Å². The van der Waals surface area contributed by atoms with Crippen molar-refractivity contribution in [3.8, 4) is 22.9 Å². The van der Waals surface area contributed by atoms with Crippen molar-refractivity contribution in [1.29, 1.82) is 0 Å². The molecule has 6 rings (SSSR count). The fourth-order valence-electron chi connectivity index (χ4n) is 5.49. The number of hydrogen-bond acceptors (Lipinski definition) is 4. The number of ether oxygens (including phenoxy) is 2. The minimum atomic E-state index is -0.132. The summed E-state index contributed by atoms with van der Waals surface area (Å²) >= 11 is 9.71. The highest BCUT2D eigenvalue weighted by atomic mass is 79.9. The van der Waals surface area contributed by atoms with Crippen LogP contribution < -0.4 is 19.7 Å². The van der Waals surface area contributed by atoms with E-state index in [0.29, 0.717) is 5.11 Å². The van der Waals surface area contributed by atoms with E-state index in [9.17, 15) is 0 Å². The number of para-hydroxylation sites is 1. The van der Waals surface area contributed by atoms with E-state index >= 15 is 0 Å². The molecule has 5 aromatic rings. The summed E-state index contributed by atoms with van der Waals surface area (Å²) in [4.78, 5) is 6.90. The number of anilines is 1. The highest BCUT2D eigenvalue weighted by Gasteiger charge is 2.42. The molecule has 41 heavy (non-hydrogen) atoms. The van der Waals surface area contributed by atoms with Gasteiger partial charge in [-0.3, -0.25) is 4.98 Å². The minimum absolute atomic E-state index is 0.117. The first kappa shape index (κ1) is 27.1. The van der Waals surface area contributed by atoms with Gasteiger partial charge in [0.25, 0.3) is 0 Å². The van der Waals surface area contributed by atoms with Crippen LogP contribution in [0.5, 0.6) is 17.2 Å². The second-order valence-corrected chi connectivity index (χ2v) is 11.1. The van der Waals surface area contributed by atoms with Crippen LogP contribution in [0.15, 0.2) is 108 Å². The highest BCUT2D eigenvalue weighted by molar-refractivity contribution is 9.10. The molecule has 6 nitrogen and oxygen atoms in total. The Morgan fingerprint density at radius 1 is 0.854 bits per heavy atom. The summed E-state index contributed by atoms with van der Waals surface area (Å²) in [7, 11) is 1.65. The highest BCUT2D eigenvalue weighted by Crippen LogP contribution is 2.44. The summed E-state index contributed by atoms with van der Waals surface area (Å²) in [5, 5.41) is 4.23. The summed E-state index contributed by atoms with van der Waals surface area (Å²) in [6.07, 6.45) is 1.83. The van der Waals surface area contributed by atoms with Gasteiger partial charge in [-0.25, -0.2) is 0 Å². The second kappa shape index (κ2) is 11.4. The summed E-state index contributed by atoms with van der Waals surface area (Å²) in [5.74, 6) is 2.27. The topological polar surface area (TPSA) is 51.6 Å². The van der Waals surface area contributed by atoms with Gasteiger partial charge in [-0.15, -0.1) is 0 Å². The molecule has 0 amide bonds. The summed E-state index contributed by atoms with van der Waals surface area (Å²) < 4.78 is 14.7. The molecular formula is C33H29BrN4O2S. The van der Waals surface area contributed by atoms with Crippen LogP contribution in [0, 0.1) is 13.8 Å². The quantitative estimate of drug-likeness (QED) is 0.184. The van der Waals surface area contributed by atoms with Crippen LogP contribution >= 0.6 is 28.1 Å². The van der Waals surface area contributed by atoms with Crippen LogP contribution in [0.3, 0.4) is 0 Å².